The molecule has 154 valence electrons. The molecule has 0 heterocycles. The topological polar surface area (TPSA) is 0 Å². The van der Waals surface area contributed by atoms with Gasteiger partial charge >= 0.3 is 0 Å². The van der Waals surface area contributed by atoms with Crippen LogP contribution in [0.1, 0.15) is 0 Å². The summed E-state index contributed by atoms with van der Waals surface area (Å²) in [5.41, 5.74) is 0. The fraction of sp³-hybridized carbons (Fsp3) is 0. The van der Waals surface area contributed by atoms with Crippen molar-refractivity contribution in [1.82, 2.24) is 0 Å². The van der Waals surface area contributed by atoms with Crippen molar-refractivity contribution >= 4 is 43.1 Å². The molecule has 0 fully saturated rings. The first kappa shape index (κ1) is 17.1. The quantitative estimate of drug-likeness (QED) is 0.215. The first-order valence-electron chi connectivity index (χ1n) is 12.0. The van der Waals surface area contributed by atoms with Crippen LogP contribution in [0.15, 0.2) is 109 Å². The van der Waals surface area contributed by atoms with Crippen LogP contribution in [0.4, 0.5) is 0 Å². The van der Waals surface area contributed by atoms with Gasteiger partial charge in [0, 0.05) is 0 Å². The average Bonchev–Trinajstić information content (AvgIpc) is 3.39. The minimum Gasteiger partial charge on any atom is -0.0616 e. The molecule has 2 aliphatic rings. The summed E-state index contributed by atoms with van der Waals surface area (Å²) < 4.78 is 0. The fourth-order valence-corrected chi connectivity index (χ4v) is 6.68. The lowest BCUT2D eigenvalue weighted by Gasteiger charge is -2.05. The monoisotopic (exact) mass is 426 g/mol. The van der Waals surface area contributed by atoms with Crippen molar-refractivity contribution in [2.24, 2.45) is 0 Å². The van der Waals surface area contributed by atoms with Crippen LogP contribution >= 0.6 is 0 Å². The van der Waals surface area contributed by atoms with E-state index in [-0.39, 0.29) is 0 Å². The highest BCUT2D eigenvalue weighted by Crippen LogP contribution is 2.36. The summed E-state index contributed by atoms with van der Waals surface area (Å²) in [7, 11) is 0. The van der Waals surface area contributed by atoms with Crippen LogP contribution < -0.4 is 0 Å². The van der Waals surface area contributed by atoms with Crippen molar-refractivity contribution in [1.29, 1.82) is 0 Å². The summed E-state index contributed by atoms with van der Waals surface area (Å²) in [6, 6.07) is 40.9. The molecule has 7 aromatic rings. The highest BCUT2D eigenvalue weighted by Gasteiger charge is 2.17. The third kappa shape index (κ3) is 1.89. The van der Waals surface area contributed by atoms with Gasteiger partial charge in [-0.15, -0.1) is 0 Å². The van der Waals surface area contributed by atoms with E-state index in [0.29, 0.717) is 0 Å². The molecule has 0 spiro atoms. The second-order valence-corrected chi connectivity index (χ2v) is 9.70. The Bertz CT molecular complexity index is 2490. The SMILES string of the molecule is c1ccc2c(c1)=c1ccc3c4c(c5ccccc5c=2c14)=c1cc2cc4ccccc4cc2cc1=3. The van der Waals surface area contributed by atoms with Crippen molar-refractivity contribution in [3.63, 3.8) is 0 Å². The predicted molar refractivity (Wildman–Crippen MR) is 140 cm³/mol. The zero-order chi connectivity index (χ0) is 22.0. The van der Waals surface area contributed by atoms with Crippen molar-refractivity contribution in [2.75, 3.05) is 0 Å². The molecule has 9 rings (SSSR count). The van der Waals surface area contributed by atoms with Gasteiger partial charge in [0.25, 0.3) is 0 Å². The molecule has 0 aromatic heterocycles. The van der Waals surface area contributed by atoms with E-state index in [2.05, 4.69) is 109 Å². The Kier molecular flexibility index (Phi) is 2.88. The van der Waals surface area contributed by atoms with E-state index in [1.165, 1.54) is 84.8 Å². The third-order valence-corrected chi connectivity index (χ3v) is 8.06. The summed E-state index contributed by atoms with van der Waals surface area (Å²) >= 11 is 0. The lowest BCUT2D eigenvalue weighted by atomic mass is 9.97. The van der Waals surface area contributed by atoms with Crippen LogP contribution in [0, 0.1) is 41.7 Å². The molecule has 0 radical (unpaired) electrons. The fourth-order valence-electron chi connectivity index (χ4n) is 6.68. The van der Waals surface area contributed by atoms with Crippen LogP contribution in [0.5, 0.6) is 0 Å². The molecule has 0 N–H and O–H groups in total. The lowest BCUT2D eigenvalue weighted by Crippen LogP contribution is -1.84. The highest BCUT2D eigenvalue weighted by molar-refractivity contribution is 6.03. The van der Waals surface area contributed by atoms with Gasteiger partial charge in [0.1, 0.15) is 0 Å². The van der Waals surface area contributed by atoms with Gasteiger partial charge in [-0.1, -0.05) is 84.9 Å². The predicted octanol–water partition coefficient (Wildman–Crippen LogP) is 8.07. The van der Waals surface area contributed by atoms with Gasteiger partial charge in [0.2, 0.25) is 0 Å². The lowest BCUT2D eigenvalue weighted by molar-refractivity contribution is 1.49. The molecule has 0 nitrogen and oxygen atoms in total. The van der Waals surface area contributed by atoms with E-state index in [1.807, 2.05) is 0 Å². The molecule has 2 aliphatic carbocycles. The molecular weight excluding hydrogens is 408 g/mol. The highest BCUT2D eigenvalue weighted by atomic mass is 14.2. The van der Waals surface area contributed by atoms with Crippen molar-refractivity contribution in [3.8, 4) is 0 Å². The molecule has 0 heteroatoms. The Morgan fingerprint density at radius 2 is 0.794 bits per heavy atom. The summed E-state index contributed by atoms with van der Waals surface area (Å²) in [4.78, 5) is 0. The van der Waals surface area contributed by atoms with Gasteiger partial charge in [0.05, 0.1) is 0 Å². The molecular formula is C34H18. The first-order valence-corrected chi connectivity index (χ1v) is 12.0. The molecule has 0 atom stereocenters. The average molecular weight is 427 g/mol. The Morgan fingerprint density at radius 3 is 1.47 bits per heavy atom. The standard InChI is InChI=1S/C34H18/c1-2-8-20-16-22-18-30-29(17-21(22)15-19(20)7-1)28-14-13-27-23-9-3-4-10-24(23)31-25-11-5-6-12-26(25)32(30)34(28)33(27)31/h1-18H. The minimum atomic E-state index is 1.30. The van der Waals surface area contributed by atoms with Gasteiger partial charge in [0.15, 0.2) is 0 Å². The maximum absolute atomic E-state index is 2.43. The van der Waals surface area contributed by atoms with Gasteiger partial charge in [-0.2, -0.15) is 0 Å². The van der Waals surface area contributed by atoms with Crippen molar-refractivity contribution in [3.05, 3.63) is 151 Å². The summed E-state index contributed by atoms with van der Waals surface area (Å²) in [6.45, 7) is 0. The van der Waals surface area contributed by atoms with Crippen molar-refractivity contribution < 1.29 is 0 Å². The second kappa shape index (κ2) is 5.73. The Labute approximate surface area is 194 Å². The van der Waals surface area contributed by atoms with Crippen LogP contribution in [0.25, 0.3) is 43.1 Å². The maximum Gasteiger partial charge on any atom is -0.000740 e. The van der Waals surface area contributed by atoms with Gasteiger partial charge in [-0.3, -0.25) is 0 Å². The van der Waals surface area contributed by atoms with Gasteiger partial charge in [-0.05, 0) is 109 Å². The number of hydrogen-bond donors (Lipinski definition) is 0. The van der Waals surface area contributed by atoms with Crippen LogP contribution in [0.2, 0.25) is 0 Å². The normalized spacial score (nSPS) is 12.7. The van der Waals surface area contributed by atoms with E-state index in [4.69, 9.17) is 0 Å². The van der Waals surface area contributed by atoms with Crippen LogP contribution in [-0.2, 0) is 0 Å². The maximum atomic E-state index is 2.43. The second-order valence-electron chi connectivity index (χ2n) is 9.70. The number of hydrogen-bond acceptors (Lipinski definition) is 0. The smallest absolute Gasteiger partial charge is 0.000740 e. The third-order valence-electron chi connectivity index (χ3n) is 8.06. The van der Waals surface area contributed by atoms with E-state index in [1.54, 1.807) is 0 Å². The number of rotatable bonds is 0. The molecule has 0 aliphatic heterocycles. The Hall–Kier alpha value is -4.42. The van der Waals surface area contributed by atoms with Crippen molar-refractivity contribution in [2.45, 2.75) is 0 Å². The summed E-state index contributed by atoms with van der Waals surface area (Å²) in [5.74, 6) is 0. The van der Waals surface area contributed by atoms with Crippen LogP contribution in [-0.4, -0.2) is 0 Å². The molecule has 0 unspecified atom stereocenters. The van der Waals surface area contributed by atoms with E-state index in [9.17, 15) is 0 Å². The van der Waals surface area contributed by atoms with E-state index >= 15 is 0 Å². The molecule has 34 heavy (non-hydrogen) atoms. The molecule has 0 saturated heterocycles. The van der Waals surface area contributed by atoms with Gasteiger partial charge in [-0.25, -0.2) is 0 Å². The summed E-state index contributed by atoms with van der Waals surface area (Å²) in [6.07, 6.45) is 0. The Balaban J connectivity index is 1.70. The largest absolute Gasteiger partial charge is 0.0616 e. The molecule has 0 saturated carbocycles. The molecule has 0 amide bonds. The van der Waals surface area contributed by atoms with E-state index in [0.717, 1.165) is 0 Å². The first-order chi connectivity index (χ1) is 16.9. The van der Waals surface area contributed by atoms with Crippen LogP contribution in [0.3, 0.4) is 0 Å². The van der Waals surface area contributed by atoms with E-state index < -0.39 is 0 Å². The van der Waals surface area contributed by atoms with Gasteiger partial charge < -0.3 is 0 Å². The summed E-state index contributed by atoms with van der Waals surface area (Å²) in [5, 5.41) is 21.8. The Morgan fingerprint density at radius 1 is 0.294 bits per heavy atom. The minimum absolute atomic E-state index is 1.30. The number of benzene rings is 7. The zero-order valence-corrected chi connectivity index (χ0v) is 18.4. The molecule has 7 aromatic carbocycles. The zero-order valence-electron chi connectivity index (χ0n) is 18.4. The number of fused-ring (bicyclic) bond motifs is 7. The molecule has 0 bridgehead atoms.